The Morgan fingerprint density at radius 2 is 2.06 bits per heavy atom. The minimum atomic E-state index is -3.31. The number of nitrogens with zero attached hydrogens (tertiary/aromatic N) is 1. The Labute approximate surface area is 188 Å². The Balaban J connectivity index is 1.73. The lowest BCUT2D eigenvalue weighted by molar-refractivity contribution is -0.148. The highest BCUT2D eigenvalue weighted by Gasteiger charge is 2.52. The zero-order chi connectivity index (χ0) is 23.4. The third-order valence-corrected chi connectivity index (χ3v) is 5.31. The standard InChI is InChI=1S/C25H31F2NO4/c1-32-23(30)16-9-5-6-10-17-28-21(19-25(26,27)24(28)31)14-8-4-2-3-7-12-20-13-11-15-22(29)18-20/h8,11,13-15,18,21,29H,2-6,9-10,16-17,19H2,1H3/b14-8+/t21-/m0/s1. The van der Waals surface area contributed by atoms with Crippen molar-refractivity contribution in [1.82, 2.24) is 4.90 Å². The van der Waals surface area contributed by atoms with E-state index >= 15 is 0 Å². The number of unbranched alkanes of at least 4 members (excludes halogenated alkanes) is 5. The van der Waals surface area contributed by atoms with E-state index in [9.17, 15) is 23.5 Å². The molecule has 0 aromatic heterocycles. The molecule has 1 aliphatic heterocycles. The predicted octanol–water partition coefficient (Wildman–Crippen LogP) is 4.83. The Kier molecular flexibility index (Phi) is 10.2. The minimum absolute atomic E-state index is 0.174. The van der Waals surface area contributed by atoms with Crippen LogP contribution in [-0.4, -0.2) is 47.5 Å². The van der Waals surface area contributed by atoms with Gasteiger partial charge in [0.05, 0.1) is 13.2 Å². The molecule has 32 heavy (non-hydrogen) atoms. The van der Waals surface area contributed by atoms with Crippen LogP contribution in [0.4, 0.5) is 8.78 Å². The van der Waals surface area contributed by atoms with E-state index in [1.54, 1.807) is 24.3 Å². The summed E-state index contributed by atoms with van der Waals surface area (Å²) in [6, 6.07) is 6.14. The number of phenols is 1. The number of methoxy groups -OCH3 is 1. The number of allylic oxidation sites excluding steroid dienone is 1. The molecular formula is C25H31F2NO4. The summed E-state index contributed by atoms with van der Waals surface area (Å²) in [6.45, 7) is 0.289. The first-order valence-corrected chi connectivity index (χ1v) is 11.0. The number of benzene rings is 1. The summed E-state index contributed by atoms with van der Waals surface area (Å²) < 4.78 is 32.5. The Morgan fingerprint density at radius 3 is 2.81 bits per heavy atom. The highest BCUT2D eigenvalue weighted by molar-refractivity contribution is 5.86. The molecule has 0 spiro atoms. The molecule has 0 bridgehead atoms. The number of alkyl halides is 2. The molecule has 1 saturated heterocycles. The number of carbonyl (C=O) groups is 2. The van der Waals surface area contributed by atoms with Crippen LogP contribution in [0, 0.1) is 11.8 Å². The number of halogens is 2. The molecule has 1 atom stereocenters. The number of phenolic OH excluding ortho intramolecular Hbond substituents is 1. The summed E-state index contributed by atoms with van der Waals surface area (Å²) in [5.41, 5.74) is 0.744. The van der Waals surface area contributed by atoms with Crippen LogP contribution in [0.15, 0.2) is 36.4 Å². The zero-order valence-corrected chi connectivity index (χ0v) is 18.5. The normalized spacial score (nSPS) is 17.4. The summed E-state index contributed by atoms with van der Waals surface area (Å²) in [5.74, 6) is 1.52. The number of esters is 1. The second kappa shape index (κ2) is 12.8. The fourth-order valence-corrected chi connectivity index (χ4v) is 3.58. The monoisotopic (exact) mass is 447 g/mol. The van der Waals surface area contributed by atoms with Crippen LogP contribution >= 0.6 is 0 Å². The first-order valence-electron chi connectivity index (χ1n) is 11.0. The number of rotatable bonds is 11. The molecule has 0 aliphatic carbocycles. The quantitative estimate of drug-likeness (QED) is 0.228. The number of hydrogen-bond acceptors (Lipinski definition) is 4. The van der Waals surface area contributed by atoms with Gasteiger partial charge in [-0.2, -0.15) is 8.78 Å². The van der Waals surface area contributed by atoms with Gasteiger partial charge in [0.15, 0.2) is 0 Å². The second-order valence-corrected chi connectivity index (χ2v) is 7.89. The molecule has 1 amide bonds. The molecule has 0 saturated carbocycles. The van der Waals surface area contributed by atoms with Crippen molar-refractivity contribution < 1.29 is 28.2 Å². The number of carbonyl (C=O) groups excluding carboxylic acids is 2. The van der Waals surface area contributed by atoms with Gasteiger partial charge in [-0.05, 0) is 43.9 Å². The molecule has 1 aromatic rings. The molecule has 5 nitrogen and oxygen atoms in total. The number of ether oxygens (including phenoxy) is 1. The highest BCUT2D eigenvalue weighted by atomic mass is 19.3. The topological polar surface area (TPSA) is 66.8 Å². The van der Waals surface area contributed by atoms with E-state index < -0.39 is 24.3 Å². The van der Waals surface area contributed by atoms with Crippen molar-refractivity contribution in [3.8, 4) is 17.6 Å². The van der Waals surface area contributed by atoms with Crippen molar-refractivity contribution in [2.75, 3.05) is 13.7 Å². The number of aromatic hydroxyl groups is 1. The van der Waals surface area contributed by atoms with E-state index in [1.165, 1.54) is 12.0 Å². The van der Waals surface area contributed by atoms with Gasteiger partial charge in [0.2, 0.25) is 0 Å². The lowest BCUT2D eigenvalue weighted by Crippen LogP contribution is -2.36. The van der Waals surface area contributed by atoms with Crippen LogP contribution in [0.25, 0.3) is 0 Å². The van der Waals surface area contributed by atoms with Gasteiger partial charge in [-0.3, -0.25) is 9.59 Å². The molecule has 1 fully saturated rings. The Hall–Kier alpha value is -2.88. The summed E-state index contributed by atoms with van der Waals surface area (Å²) in [7, 11) is 1.35. The van der Waals surface area contributed by atoms with Gasteiger partial charge >= 0.3 is 11.9 Å². The minimum Gasteiger partial charge on any atom is -0.508 e. The smallest absolute Gasteiger partial charge is 0.327 e. The predicted molar refractivity (Wildman–Crippen MR) is 118 cm³/mol. The highest BCUT2D eigenvalue weighted by Crippen LogP contribution is 2.34. The molecule has 1 aromatic carbocycles. The maximum Gasteiger partial charge on any atom is 0.327 e. The van der Waals surface area contributed by atoms with Crippen molar-refractivity contribution in [1.29, 1.82) is 0 Å². The lowest BCUT2D eigenvalue weighted by Gasteiger charge is -2.21. The average Bonchev–Trinajstić information content (AvgIpc) is 2.98. The van der Waals surface area contributed by atoms with Crippen LogP contribution in [0.3, 0.4) is 0 Å². The fraction of sp³-hybridized carbons (Fsp3) is 0.520. The third kappa shape index (κ3) is 8.33. The van der Waals surface area contributed by atoms with Gasteiger partial charge in [0.1, 0.15) is 5.75 Å². The van der Waals surface area contributed by atoms with Gasteiger partial charge in [0, 0.05) is 31.4 Å². The van der Waals surface area contributed by atoms with Crippen molar-refractivity contribution in [3.63, 3.8) is 0 Å². The van der Waals surface area contributed by atoms with E-state index in [1.807, 2.05) is 12.1 Å². The van der Waals surface area contributed by atoms with E-state index in [0.29, 0.717) is 32.1 Å². The van der Waals surface area contributed by atoms with Gasteiger partial charge in [-0.1, -0.05) is 42.9 Å². The fourth-order valence-electron chi connectivity index (χ4n) is 3.58. The summed E-state index contributed by atoms with van der Waals surface area (Å²) in [5, 5.41) is 9.41. The molecule has 0 unspecified atom stereocenters. The summed E-state index contributed by atoms with van der Waals surface area (Å²) >= 11 is 0. The van der Waals surface area contributed by atoms with Crippen molar-refractivity contribution in [3.05, 3.63) is 42.0 Å². The SMILES string of the molecule is COC(=O)CCCCCCN1C(=O)C(F)(F)C[C@@H]1/C=C/CCCC#Cc1cccc(O)c1. The van der Waals surface area contributed by atoms with E-state index in [4.69, 9.17) is 0 Å². The Bertz CT molecular complexity index is 857. The van der Waals surface area contributed by atoms with Crippen LogP contribution in [0.1, 0.15) is 63.4 Å². The maximum atomic E-state index is 13.9. The van der Waals surface area contributed by atoms with Crippen molar-refractivity contribution in [2.45, 2.75) is 69.8 Å². The molecule has 7 heteroatoms. The van der Waals surface area contributed by atoms with Gasteiger partial charge in [-0.15, -0.1) is 0 Å². The van der Waals surface area contributed by atoms with E-state index in [2.05, 4.69) is 16.6 Å². The maximum absolute atomic E-state index is 13.9. The molecule has 1 heterocycles. The second-order valence-electron chi connectivity index (χ2n) is 7.89. The summed E-state index contributed by atoms with van der Waals surface area (Å²) in [4.78, 5) is 24.4. The first kappa shape index (κ1) is 25.4. The number of amides is 1. The molecule has 1 N–H and O–H groups in total. The van der Waals surface area contributed by atoms with E-state index in [-0.39, 0.29) is 18.3 Å². The van der Waals surface area contributed by atoms with Crippen LogP contribution in [0.2, 0.25) is 0 Å². The van der Waals surface area contributed by atoms with Gasteiger partial charge in [-0.25, -0.2) is 0 Å². The molecule has 0 radical (unpaired) electrons. The lowest BCUT2D eigenvalue weighted by atomic mass is 10.1. The first-order chi connectivity index (χ1) is 15.3. The van der Waals surface area contributed by atoms with Crippen LogP contribution in [-0.2, 0) is 14.3 Å². The molecule has 174 valence electrons. The van der Waals surface area contributed by atoms with Crippen molar-refractivity contribution in [2.24, 2.45) is 0 Å². The summed E-state index contributed by atoms with van der Waals surface area (Å²) in [6.07, 6.45) is 8.39. The molecule has 1 aliphatic rings. The zero-order valence-electron chi connectivity index (χ0n) is 18.5. The van der Waals surface area contributed by atoms with Crippen LogP contribution in [0.5, 0.6) is 5.75 Å². The molecule has 2 rings (SSSR count). The molecular weight excluding hydrogens is 416 g/mol. The van der Waals surface area contributed by atoms with Crippen LogP contribution < -0.4 is 0 Å². The third-order valence-electron chi connectivity index (χ3n) is 5.31. The average molecular weight is 448 g/mol. The Morgan fingerprint density at radius 1 is 1.28 bits per heavy atom. The number of hydrogen-bond donors (Lipinski definition) is 1. The van der Waals surface area contributed by atoms with E-state index in [0.717, 1.165) is 24.8 Å². The van der Waals surface area contributed by atoms with Gasteiger partial charge < -0.3 is 14.7 Å². The van der Waals surface area contributed by atoms with Gasteiger partial charge in [0.25, 0.3) is 5.91 Å². The van der Waals surface area contributed by atoms with Crippen molar-refractivity contribution >= 4 is 11.9 Å². The number of likely N-dealkylation sites (tertiary alicyclic amines) is 1. The largest absolute Gasteiger partial charge is 0.508 e.